The highest BCUT2D eigenvalue weighted by Crippen LogP contribution is 2.27. The number of alkyl halides is 3. The largest absolute Gasteiger partial charge is 0.573 e. The molecule has 0 saturated carbocycles. The van der Waals surface area contributed by atoms with Crippen molar-refractivity contribution in [2.75, 3.05) is 6.61 Å². The van der Waals surface area contributed by atoms with E-state index in [1.165, 1.54) is 18.2 Å². The molecule has 0 amide bonds. The van der Waals surface area contributed by atoms with Crippen LogP contribution in [0.1, 0.15) is 12.5 Å². The summed E-state index contributed by atoms with van der Waals surface area (Å²) in [5.41, 5.74) is 0.610. The fourth-order valence-electron chi connectivity index (χ4n) is 1.14. The molecule has 0 atom stereocenters. The molecule has 0 heterocycles. The lowest BCUT2D eigenvalue weighted by atomic mass is 10.2. The topological polar surface area (TPSA) is 18.5 Å². The van der Waals surface area contributed by atoms with Crippen molar-refractivity contribution in [2.45, 2.75) is 20.2 Å². The molecule has 0 aliphatic carbocycles. The number of hydrogen-bond acceptors (Lipinski definition) is 2. The third-order valence-electron chi connectivity index (χ3n) is 1.68. The molecule has 0 spiro atoms. The third-order valence-corrected chi connectivity index (χ3v) is 1.68. The third kappa shape index (κ3) is 3.69. The van der Waals surface area contributed by atoms with E-state index in [1.54, 1.807) is 13.8 Å². The van der Waals surface area contributed by atoms with Gasteiger partial charge in [-0.1, -0.05) is 0 Å². The lowest BCUT2D eigenvalue weighted by molar-refractivity contribution is -0.274. The molecular weight excluding hydrogens is 209 g/mol. The van der Waals surface area contributed by atoms with E-state index in [0.29, 0.717) is 17.9 Å². The predicted molar refractivity (Wildman–Crippen MR) is 49.0 cm³/mol. The minimum Gasteiger partial charge on any atom is -0.494 e. The van der Waals surface area contributed by atoms with Crippen LogP contribution in [0.5, 0.6) is 11.5 Å². The lowest BCUT2D eigenvalue weighted by Gasteiger charge is -2.11. The molecular formula is C10H11F3O2. The van der Waals surface area contributed by atoms with Crippen molar-refractivity contribution in [1.82, 2.24) is 0 Å². The van der Waals surface area contributed by atoms with Crippen LogP contribution in [0.4, 0.5) is 13.2 Å². The van der Waals surface area contributed by atoms with Crippen molar-refractivity contribution in [3.05, 3.63) is 23.8 Å². The van der Waals surface area contributed by atoms with Gasteiger partial charge >= 0.3 is 6.36 Å². The van der Waals surface area contributed by atoms with Crippen LogP contribution in [-0.4, -0.2) is 13.0 Å². The van der Waals surface area contributed by atoms with E-state index in [9.17, 15) is 13.2 Å². The van der Waals surface area contributed by atoms with E-state index < -0.39 is 6.36 Å². The first-order chi connectivity index (χ1) is 6.92. The maximum atomic E-state index is 11.9. The summed E-state index contributed by atoms with van der Waals surface area (Å²) in [6.45, 7) is 3.94. The molecule has 0 unspecified atom stereocenters. The van der Waals surface area contributed by atoms with Gasteiger partial charge in [0.05, 0.1) is 6.61 Å². The predicted octanol–water partition coefficient (Wildman–Crippen LogP) is 3.29. The van der Waals surface area contributed by atoms with E-state index >= 15 is 0 Å². The van der Waals surface area contributed by atoms with Crippen molar-refractivity contribution in [2.24, 2.45) is 0 Å². The quantitative estimate of drug-likeness (QED) is 0.778. The molecule has 1 aromatic carbocycles. The van der Waals surface area contributed by atoms with E-state index in [1.807, 2.05) is 0 Å². The molecule has 0 saturated heterocycles. The molecule has 0 fully saturated rings. The molecule has 15 heavy (non-hydrogen) atoms. The summed E-state index contributed by atoms with van der Waals surface area (Å²) >= 11 is 0. The van der Waals surface area contributed by atoms with Crippen LogP contribution in [-0.2, 0) is 0 Å². The summed E-state index contributed by atoms with van der Waals surface area (Å²) in [5.74, 6) is 0.329. The molecule has 0 aliphatic rings. The Kier molecular flexibility index (Phi) is 3.44. The van der Waals surface area contributed by atoms with Gasteiger partial charge in [-0.3, -0.25) is 0 Å². The van der Waals surface area contributed by atoms with Crippen molar-refractivity contribution < 1.29 is 22.6 Å². The van der Waals surface area contributed by atoms with Gasteiger partial charge in [-0.15, -0.1) is 13.2 Å². The first-order valence-corrected chi connectivity index (χ1v) is 4.41. The Balaban J connectivity index is 2.82. The highest BCUT2D eigenvalue weighted by atomic mass is 19.4. The zero-order chi connectivity index (χ0) is 11.5. The molecule has 1 rings (SSSR count). The second kappa shape index (κ2) is 4.42. The Morgan fingerprint density at radius 3 is 2.40 bits per heavy atom. The summed E-state index contributed by atoms with van der Waals surface area (Å²) in [6, 6.07) is 3.98. The average Bonchev–Trinajstić information content (AvgIpc) is 2.07. The van der Waals surface area contributed by atoms with Crippen molar-refractivity contribution in [1.29, 1.82) is 0 Å². The van der Waals surface area contributed by atoms with E-state index in [4.69, 9.17) is 4.74 Å². The number of rotatable bonds is 3. The van der Waals surface area contributed by atoms with Crippen LogP contribution in [0.3, 0.4) is 0 Å². The monoisotopic (exact) mass is 220 g/mol. The van der Waals surface area contributed by atoms with E-state index in [2.05, 4.69) is 4.74 Å². The van der Waals surface area contributed by atoms with Gasteiger partial charge in [0.1, 0.15) is 11.5 Å². The first kappa shape index (κ1) is 11.7. The van der Waals surface area contributed by atoms with Gasteiger partial charge in [-0.25, -0.2) is 0 Å². The Hall–Kier alpha value is -1.39. The van der Waals surface area contributed by atoms with Crippen LogP contribution in [0.2, 0.25) is 0 Å². The number of halogens is 3. The fourth-order valence-corrected chi connectivity index (χ4v) is 1.14. The molecule has 0 bridgehead atoms. The molecule has 5 heteroatoms. The maximum Gasteiger partial charge on any atom is 0.573 e. The van der Waals surface area contributed by atoms with Crippen LogP contribution in [0.25, 0.3) is 0 Å². The Morgan fingerprint density at radius 1 is 1.27 bits per heavy atom. The molecule has 0 aromatic heterocycles. The minimum atomic E-state index is -4.65. The summed E-state index contributed by atoms with van der Waals surface area (Å²) in [5, 5.41) is 0. The normalized spacial score (nSPS) is 11.3. The van der Waals surface area contributed by atoms with Crippen LogP contribution in [0.15, 0.2) is 18.2 Å². The SMILES string of the molecule is CCOc1ccc(OC(F)(F)F)cc1C. The molecule has 84 valence electrons. The van der Waals surface area contributed by atoms with Crippen LogP contribution >= 0.6 is 0 Å². The summed E-state index contributed by atoms with van der Waals surface area (Å²) in [6.07, 6.45) is -4.65. The maximum absolute atomic E-state index is 11.9. The van der Waals surface area contributed by atoms with Crippen molar-refractivity contribution in [3.63, 3.8) is 0 Å². The van der Waals surface area contributed by atoms with Gasteiger partial charge in [0.2, 0.25) is 0 Å². The molecule has 0 N–H and O–H groups in total. The molecule has 0 aliphatic heterocycles. The van der Waals surface area contributed by atoms with Gasteiger partial charge in [-0.2, -0.15) is 0 Å². The zero-order valence-electron chi connectivity index (χ0n) is 8.39. The van der Waals surface area contributed by atoms with Crippen LogP contribution in [0, 0.1) is 6.92 Å². The number of ether oxygens (including phenoxy) is 2. The smallest absolute Gasteiger partial charge is 0.494 e. The molecule has 0 radical (unpaired) electrons. The molecule has 2 nitrogen and oxygen atoms in total. The van der Waals surface area contributed by atoms with E-state index in [0.717, 1.165) is 0 Å². The highest BCUT2D eigenvalue weighted by Gasteiger charge is 2.31. The van der Waals surface area contributed by atoms with Crippen molar-refractivity contribution >= 4 is 0 Å². The second-order valence-corrected chi connectivity index (χ2v) is 2.91. The Bertz CT molecular complexity index is 334. The molecule has 1 aromatic rings. The lowest BCUT2D eigenvalue weighted by Crippen LogP contribution is -2.17. The minimum absolute atomic E-state index is 0.233. The Morgan fingerprint density at radius 2 is 1.93 bits per heavy atom. The van der Waals surface area contributed by atoms with Gasteiger partial charge in [0, 0.05) is 0 Å². The van der Waals surface area contributed by atoms with Crippen molar-refractivity contribution in [3.8, 4) is 11.5 Å². The number of benzene rings is 1. The van der Waals surface area contributed by atoms with Crippen LogP contribution < -0.4 is 9.47 Å². The Labute approximate surface area is 85.6 Å². The second-order valence-electron chi connectivity index (χ2n) is 2.91. The zero-order valence-corrected chi connectivity index (χ0v) is 8.39. The summed E-state index contributed by atoms with van der Waals surface area (Å²) < 4.78 is 44.5. The first-order valence-electron chi connectivity index (χ1n) is 4.41. The highest BCUT2D eigenvalue weighted by molar-refractivity contribution is 5.39. The van der Waals surface area contributed by atoms with Gasteiger partial charge in [0.25, 0.3) is 0 Å². The number of aryl methyl sites for hydroxylation is 1. The summed E-state index contributed by atoms with van der Waals surface area (Å²) in [7, 11) is 0. The van der Waals surface area contributed by atoms with Gasteiger partial charge in [0.15, 0.2) is 0 Å². The van der Waals surface area contributed by atoms with Gasteiger partial charge < -0.3 is 9.47 Å². The standard InChI is InChI=1S/C10H11F3O2/c1-3-14-9-5-4-8(6-7(9)2)15-10(11,12)13/h4-6H,3H2,1-2H3. The summed E-state index contributed by atoms with van der Waals surface area (Å²) in [4.78, 5) is 0. The number of hydrogen-bond donors (Lipinski definition) is 0. The van der Waals surface area contributed by atoms with E-state index in [-0.39, 0.29) is 5.75 Å². The van der Waals surface area contributed by atoms with Gasteiger partial charge in [-0.05, 0) is 37.6 Å². The fraction of sp³-hybridized carbons (Fsp3) is 0.400. The average molecular weight is 220 g/mol.